The maximum Gasteiger partial charge on any atom is 0.350 e. The standard InChI is InChI=1S/C5H7NO2S/c1-3-6-4(2-9-3)5(7)8/h3H,2H2,1H3,(H,7,8)/t3-/m0/s1. The highest BCUT2D eigenvalue weighted by Crippen LogP contribution is 2.18. The van der Waals surface area contributed by atoms with Gasteiger partial charge >= 0.3 is 5.97 Å². The van der Waals surface area contributed by atoms with Crippen LogP contribution < -0.4 is 0 Å². The van der Waals surface area contributed by atoms with Crippen LogP contribution in [-0.4, -0.2) is 27.9 Å². The van der Waals surface area contributed by atoms with Gasteiger partial charge < -0.3 is 5.11 Å². The van der Waals surface area contributed by atoms with Crippen LogP contribution in [0.25, 0.3) is 0 Å². The maximum absolute atomic E-state index is 10.2. The van der Waals surface area contributed by atoms with Gasteiger partial charge in [0.05, 0.1) is 5.37 Å². The van der Waals surface area contributed by atoms with Crippen molar-refractivity contribution in [2.75, 3.05) is 5.75 Å². The lowest BCUT2D eigenvalue weighted by molar-refractivity contribution is -0.129. The van der Waals surface area contributed by atoms with Gasteiger partial charge in [0.15, 0.2) is 0 Å². The van der Waals surface area contributed by atoms with Crippen LogP contribution in [0.3, 0.4) is 0 Å². The molecule has 0 saturated carbocycles. The van der Waals surface area contributed by atoms with Crippen LogP contribution in [0.15, 0.2) is 4.99 Å². The van der Waals surface area contributed by atoms with Crippen LogP contribution in [0.1, 0.15) is 6.92 Å². The summed E-state index contributed by atoms with van der Waals surface area (Å²) in [5.41, 5.74) is 0.299. The van der Waals surface area contributed by atoms with Crippen molar-refractivity contribution in [2.24, 2.45) is 4.99 Å². The summed E-state index contributed by atoms with van der Waals surface area (Å²) in [6.45, 7) is 1.89. The van der Waals surface area contributed by atoms with Crippen LogP contribution in [0.2, 0.25) is 0 Å². The number of hydrogen-bond donors (Lipinski definition) is 1. The molecule has 3 nitrogen and oxygen atoms in total. The van der Waals surface area contributed by atoms with Crippen LogP contribution in [0, 0.1) is 0 Å². The quantitative estimate of drug-likeness (QED) is 0.588. The number of aliphatic carboxylic acids is 1. The average molecular weight is 145 g/mol. The fourth-order valence-electron chi connectivity index (χ4n) is 0.610. The first-order chi connectivity index (χ1) is 4.20. The first kappa shape index (κ1) is 6.61. The van der Waals surface area contributed by atoms with E-state index in [1.807, 2.05) is 6.92 Å². The highest BCUT2D eigenvalue weighted by Gasteiger charge is 2.18. The van der Waals surface area contributed by atoms with Crippen LogP contribution in [0.4, 0.5) is 0 Å². The zero-order valence-corrected chi connectivity index (χ0v) is 5.81. The van der Waals surface area contributed by atoms with E-state index < -0.39 is 5.97 Å². The lowest BCUT2D eigenvalue weighted by Crippen LogP contribution is -2.11. The van der Waals surface area contributed by atoms with Crippen LogP contribution in [-0.2, 0) is 4.79 Å². The molecular weight excluding hydrogens is 138 g/mol. The molecule has 1 N–H and O–H groups in total. The van der Waals surface area contributed by atoms with E-state index in [0.29, 0.717) is 11.5 Å². The van der Waals surface area contributed by atoms with Crippen LogP contribution >= 0.6 is 11.8 Å². The maximum atomic E-state index is 10.2. The van der Waals surface area contributed by atoms with E-state index in [2.05, 4.69) is 4.99 Å². The van der Waals surface area contributed by atoms with Gasteiger partial charge in [-0.15, -0.1) is 11.8 Å². The van der Waals surface area contributed by atoms with E-state index >= 15 is 0 Å². The first-order valence-corrected chi connectivity index (χ1v) is 3.66. The predicted molar refractivity (Wildman–Crippen MR) is 37.0 cm³/mol. The van der Waals surface area contributed by atoms with Gasteiger partial charge in [0.25, 0.3) is 0 Å². The van der Waals surface area contributed by atoms with Crippen LogP contribution in [0.5, 0.6) is 0 Å². The van der Waals surface area contributed by atoms with Gasteiger partial charge in [-0.1, -0.05) is 0 Å². The highest BCUT2D eigenvalue weighted by atomic mass is 32.2. The summed E-state index contributed by atoms with van der Waals surface area (Å²) < 4.78 is 0. The number of hydrogen-bond acceptors (Lipinski definition) is 3. The summed E-state index contributed by atoms with van der Waals surface area (Å²) in [6.07, 6.45) is 0. The molecule has 0 aromatic heterocycles. The molecule has 4 heteroatoms. The Morgan fingerprint density at radius 3 is 2.89 bits per heavy atom. The normalized spacial score (nSPS) is 25.9. The first-order valence-electron chi connectivity index (χ1n) is 2.61. The van der Waals surface area contributed by atoms with E-state index in [1.54, 1.807) is 11.8 Å². The summed E-state index contributed by atoms with van der Waals surface area (Å²) in [4.78, 5) is 14.1. The molecule has 1 rings (SSSR count). The molecule has 0 unspecified atom stereocenters. The minimum atomic E-state index is -0.883. The largest absolute Gasteiger partial charge is 0.477 e. The topological polar surface area (TPSA) is 49.7 Å². The van der Waals surface area contributed by atoms with Gasteiger partial charge in [0.2, 0.25) is 0 Å². The SMILES string of the molecule is C[C@H]1N=C(C(=O)O)CS1. The van der Waals surface area contributed by atoms with E-state index in [-0.39, 0.29) is 5.37 Å². The van der Waals surface area contributed by atoms with Crippen molar-refractivity contribution >= 4 is 23.4 Å². The molecule has 1 aliphatic rings. The Kier molecular flexibility index (Phi) is 1.75. The number of aliphatic imine (C=N–C) groups is 1. The van der Waals surface area contributed by atoms with E-state index in [9.17, 15) is 4.79 Å². The highest BCUT2D eigenvalue weighted by molar-refractivity contribution is 8.01. The Morgan fingerprint density at radius 1 is 2.00 bits per heavy atom. The molecule has 0 fully saturated rings. The van der Waals surface area contributed by atoms with Crippen molar-refractivity contribution in [2.45, 2.75) is 12.3 Å². The number of carboxylic acid groups (broad SMARTS) is 1. The number of thioether (sulfide) groups is 1. The van der Waals surface area contributed by atoms with E-state index in [4.69, 9.17) is 5.11 Å². The van der Waals surface area contributed by atoms with Crippen molar-refractivity contribution < 1.29 is 9.90 Å². The molecule has 1 heterocycles. The van der Waals surface area contributed by atoms with Crippen molar-refractivity contribution in [3.63, 3.8) is 0 Å². The van der Waals surface area contributed by atoms with E-state index in [0.717, 1.165) is 0 Å². The summed E-state index contributed by atoms with van der Waals surface area (Å²) in [5.74, 6) is -0.330. The zero-order chi connectivity index (χ0) is 6.85. The van der Waals surface area contributed by atoms with Crippen molar-refractivity contribution in [3.05, 3.63) is 0 Å². The minimum Gasteiger partial charge on any atom is -0.477 e. The molecule has 0 aromatic carbocycles. The Morgan fingerprint density at radius 2 is 2.67 bits per heavy atom. The van der Waals surface area contributed by atoms with Crippen molar-refractivity contribution in [3.8, 4) is 0 Å². The lowest BCUT2D eigenvalue weighted by atomic mass is 10.4. The Bertz CT molecular complexity index is 166. The summed E-state index contributed by atoms with van der Waals surface area (Å²) in [7, 11) is 0. The fourth-order valence-corrected chi connectivity index (χ4v) is 1.41. The summed E-state index contributed by atoms with van der Waals surface area (Å²) in [6, 6.07) is 0. The molecular formula is C5H7NO2S. The molecule has 0 aromatic rings. The van der Waals surface area contributed by atoms with Gasteiger partial charge in [-0.25, -0.2) is 4.79 Å². The van der Waals surface area contributed by atoms with Gasteiger partial charge in [0.1, 0.15) is 5.71 Å². The third kappa shape index (κ3) is 1.45. The van der Waals surface area contributed by atoms with Crippen molar-refractivity contribution in [1.29, 1.82) is 0 Å². The summed E-state index contributed by atoms with van der Waals surface area (Å²) >= 11 is 1.55. The average Bonchev–Trinajstić information content (AvgIpc) is 2.14. The third-order valence-electron chi connectivity index (χ3n) is 1.05. The molecule has 0 bridgehead atoms. The number of nitrogens with zero attached hydrogens (tertiary/aromatic N) is 1. The zero-order valence-electron chi connectivity index (χ0n) is 5.00. The van der Waals surface area contributed by atoms with Gasteiger partial charge in [-0.3, -0.25) is 4.99 Å². The monoisotopic (exact) mass is 145 g/mol. The second-order valence-corrected chi connectivity index (χ2v) is 3.10. The number of carboxylic acids is 1. The fraction of sp³-hybridized carbons (Fsp3) is 0.600. The molecule has 1 atom stereocenters. The molecule has 0 radical (unpaired) electrons. The number of carbonyl (C=O) groups is 1. The third-order valence-corrected chi connectivity index (χ3v) is 2.07. The Balaban J connectivity index is 2.62. The molecule has 50 valence electrons. The second-order valence-electron chi connectivity index (χ2n) is 1.79. The smallest absolute Gasteiger partial charge is 0.350 e. The number of rotatable bonds is 1. The van der Waals surface area contributed by atoms with Crippen molar-refractivity contribution in [1.82, 2.24) is 0 Å². The molecule has 0 spiro atoms. The summed E-state index contributed by atoms with van der Waals surface area (Å²) in [5, 5.41) is 8.52. The van der Waals surface area contributed by atoms with E-state index in [1.165, 1.54) is 0 Å². The molecule has 0 amide bonds. The predicted octanol–water partition coefficient (Wildman–Crippen LogP) is 0.605. The Labute approximate surface area is 57.2 Å². The van der Waals surface area contributed by atoms with Gasteiger partial charge in [-0.05, 0) is 6.92 Å². The molecule has 1 aliphatic heterocycles. The molecule has 0 aliphatic carbocycles. The van der Waals surface area contributed by atoms with Gasteiger partial charge in [-0.2, -0.15) is 0 Å². The van der Waals surface area contributed by atoms with Gasteiger partial charge in [0, 0.05) is 5.75 Å². The molecule has 0 saturated heterocycles. The lowest BCUT2D eigenvalue weighted by Gasteiger charge is -1.88. The molecule has 9 heavy (non-hydrogen) atoms. The Hall–Kier alpha value is -0.510. The minimum absolute atomic E-state index is 0.135. The second kappa shape index (κ2) is 2.39.